The Morgan fingerprint density at radius 3 is 1.88 bits per heavy atom. The summed E-state index contributed by atoms with van der Waals surface area (Å²) in [4.78, 5) is 3.60. The van der Waals surface area contributed by atoms with Crippen LogP contribution < -0.4 is 0 Å². The number of nitrogens with zero attached hydrogens (tertiary/aromatic N) is 1. The second kappa shape index (κ2) is 7.95. The van der Waals surface area contributed by atoms with Gasteiger partial charge in [0, 0.05) is 0 Å². The van der Waals surface area contributed by atoms with Crippen LogP contribution in [0.15, 0.2) is 20.6 Å². The van der Waals surface area contributed by atoms with Crippen molar-refractivity contribution in [1.29, 1.82) is 0 Å². The van der Waals surface area contributed by atoms with E-state index in [1.807, 2.05) is 0 Å². The molecule has 1 nitrogen and oxygen atoms in total. The molecule has 0 radical (unpaired) electrons. The standard InChI is InChI=1S/C9H13.C3H8N.2ClH.Ti/c1-6-5-7(2)9(4)8(6)3;1-4(2)3;;;/h6H,1-4H3;1H2,2-3H3;2*1H;. The summed E-state index contributed by atoms with van der Waals surface area (Å²) < 4.78 is 1.77. The molecular weight excluding hydrogens is 277 g/mol. The van der Waals surface area contributed by atoms with Crippen molar-refractivity contribution >= 4 is 24.8 Å². The van der Waals surface area contributed by atoms with Gasteiger partial charge in [-0.2, -0.15) is 0 Å². The largest absolute Gasteiger partial charge is 0.147 e. The van der Waals surface area contributed by atoms with Gasteiger partial charge >= 0.3 is 97.2 Å². The fraction of sp³-hybridized carbons (Fsp3) is 0.667. The van der Waals surface area contributed by atoms with Crippen LogP contribution in [-0.2, 0) is 19.2 Å². The van der Waals surface area contributed by atoms with Gasteiger partial charge in [0.25, 0.3) is 0 Å². The van der Waals surface area contributed by atoms with Crippen LogP contribution >= 0.6 is 24.8 Å². The average molecular weight is 300 g/mol. The van der Waals surface area contributed by atoms with Crippen molar-refractivity contribution < 1.29 is 19.2 Å². The molecule has 0 spiro atoms. The Hall–Kier alpha value is 0.734. The topological polar surface area (TPSA) is 3.24 Å². The Labute approximate surface area is 121 Å². The normalized spacial score (nSPS) is 19.8. The summed E-state index contributed by atoms with van der Waals surface area (Å²) in [5.74, 6) is 0.731. The molecule has 0 aromatic heterocycles. The Kier molecular flexibility index (Phi) is 9.48. The second-order valence-corrected chi connectivity index (χ2v) is 6.37. The molecule has 0 saturated carbocycles. The Morgan fingerprint density at radius 1 is 1.06 bits per heavy atom. The third-order valence-electron chi connectivity index (χ3n) is 3.23. The van der Waals surface area contributed by atoms with Gasteiger partial charge < -0.3 is 0 Å². The van der Waals surface area contributed by atoms with Crippen molar-refractivity contribution in [3.05, 3.63) is 20.6 Å². The first kappa shape index (κ1) is 19.1. The van der Waals surface area contributed by atoms with Crippen LogP contribution in [0.2, 0.25) is 0 Å². The van der Waals surface area contributed by atoms with Crippen LogP contribution in [0.5, 0.6) is 0 Å². The first-order chi connectivity index (χ1) is 6.45. The number of halogens is 2. The molecule has 0 amide bonds. The van der Waals surface area contributed by atoms with Crippen molar-refractivity contribution in [3.63, 3.8) is 0 Å². The van der Waals surface area contributed by atoms with E-state index in [0.29, 0.717) is 0 Å². The van der Waals surface area contributed by atoms with Gasteiger partial charge in [0.05, 0.1) is 0 Å². The molecule has 0 bridgehead atoms. The summed E-state index contributed by atoms with van der Waals surface area (Å²) >= 11 is 0.0728. The van der Waals surface area contributed by atoms with Gasteiger partial charge in [-0.3, -0.25) is 0 Å². The molecule has 0 aromatic carbocycles. The van der Waals surface area contributed by atoms with Gasteiger partial charge in [-0.25, -0.2) is 0 Å². The Balaban J connectivity index is 0. The zero-order valence-corrected chi connectivity index (χ0v) is 14.2. The van der Waals surface area contributed by atoms with Gasteiger partial charge in [0.1, 0.15) is 0 Å². The van der Waals surface area contributed by atoms with E-state index in [1.165, 1.54) is 4.85 Å². The fourth-order valence-electron chi connectivity index (χ4n) is 1.89. The number of hydrogen-bond donors (Lipinski definition) is 0. The summed E-state index contributed by atoms with van der Waals surface area (Å²) in [5, 5.41) is 0. The van der Waals surface area contributed by atoms with E-state index in [2.05, 4.69) is 46.7 Å². The number of rotatable bonds is 3. The summed E-state index contributed by atoms with van der Waals surface area (Å²) in [6.07, 6.45) is 0. The minimum Gasteiger partial charge on any atom is -0.147 e. The van der Waals surface area contributed by atoms with E-state index in [1.54, 1.807) is 20.6 Å². The maximum atomic E-state index is 2.36. The minimum absolute atomic E-state index is 0. The van der Waals surface area contributed by atoms with Gasteiger partial charge in [-0.1, -0.05) is 0 Å². The molecule has 94 valence electrons. The van der Waals surface area contributed by atoms with E-state index in [0.717, 1.165) is 5.92 Å². The van der Waals surface area contributed by atoms with Gasteiger partial charge in [-0.05, 0) is 0 Å². The van der Waals surface area contributed by atoms with Crippen LogP contribution in [0.3, 0.4) is 0 Å². The molecule has 0 heterocycles. The zero-order valence-electron chi connectivity index (χ0n) is 11.0. The fourth-order valence-corrected chi connectivity index (χ4v) is 4.18. The van der Waals surface area contributed by atoms with E-state index >= 15 is 0 Å². The van der Waals surface area contributed by atoms with Crippen molar-refractivity contribution in [2.45, 2.75) is 27.7 Å². The van der Waals surface area contributed by atoms with Crippen molar-refractivity contribution in [2.24, 2.45) is 5.92 Å². The smallest absolute Gasteiger partial charge is 0.147 e. The molecule has 0 aromatic rings. The first-order valence-corrected chi connectivity index (χ1v) is 7.10. The molecule has 0 saturated heterocycles. The Morgan fingerprint density at radius 2 is 1.56 bits per heavy atom. The summed E-state index contributed by atoms with van der Waals surface area (Å²) in [5.41, 5.74) is 4.74. The molecule has 0 aliphatic heterocycles. The molecule has 4 heteroatoms. The van der Waals surface area contributed by atoms with Crippen molar-refractivity contribution in [1.82, 2.24) is 4.90 Å². The van der Waals surface area contributed by atoms with Crippen LogP contribution in [0.4, 0.5) is 0 Å². The molecule has 16 heavy (non-hydrogen) atoms. The third kappa shape index (κ3) is 4.20. The van der Waals surface area contributed by atoms with E-state index in [9.17, 15) is 0 Å². The maximum Gasteiger partial charge on any atom is -0.147 e. The molecule has 0 fully saturated rings. The summed E-state index contributed by atoms with van der Waals surface area (Å²) in [6.45, 7) is 9.23. The van der Waals surface area contributed by atoms with Gasteiger partial charge in [0.2, 0.25) is 0 Å². The quantitative estimate of drug-likeness (QED) is 0.719. The zero-order chi connectivity index (χ0) is 10.9. The number of hydrogen-bond acceptors (Lipinski definition) is 1. The third-order valence-corrected chi connectivity index (χ3v) is 6.32. The van der Waals surface area contributed by atoms with Gasteiger partial charge in [0.15, 0.2) is 0 Å². The molecule has 1 atom stereocenters. The molecule has 1 aliphatic rings. The minimum atomic E-state index is 0. The van der Waals surface area contributed by atoms with Crippen molar-refractivity contribution in [3.8, 4) is 0 Å². The SMILES string of the molecule is CC1=C(C)C(C)[C]([Ti][CH2]N(C)C)=C1C.Cl.Cl. The van der Waals surface area contributed by atoms with Crippen molar-refractivity contribution in [2.75, 3.05) is 18.9 Å². The first-order valence-electron chi connectivity index (χ1n) is 5.22. The van der Waals surface area contributed by atoms with Crippen LogP contribution in [0, 0.1) is 5.92 Å². The predicted molar refractivity (Wildman–Crippen MR) is 73.3 cm³/mol. The number of allylic oxidation sites excluding steroid dienone is 4. The van der Waals surface area contributed by atoms with E-state index in [-0.39, 0.29) is 44.0 Å². The summed E-state index contributed by atoms with van der Waals surface area (Å²) in [6, 6.07) is 0. The Bertz CT molecular complexity index is 295. The van der Waals surface area contributed by atoms with E-state index in [4.69, 9.17) is 0 Å². The van der Waals surface area contributed by atoms with Gasteiger partial charge in [-0.15, -0.1) is 24.8 Å². The van der Waals surface area contributed by atoms with Crippen LogP contribution in [0.1, 0.15) is 27.7 Å². The second-order valence-electron chi connectivity index (χ2n) is 4.48. The molecule has 1 rings (SSSR count). The molecule has 0 N–H and O–H groups in total. The molecular formula is C12H23Cl2NTi. The van der Waals surface area contributed by atoms with Crippen LogP contribution in [-0.4, -0.2) is 23.8 Å². The molecule has 1 aliphatic carbocycles. The summed E-state index contributed by atoms with van der Waals surface area (Å²) in [7, 11) is 4.35. The average Bonchev–Trinajstić information content (AvgIpc) is 2.29. The maximum absolute atomic E-state index is 2.36. The van der Waals surface area contributed by atoms with Crippen LogP contribution in [0.25, 0.3) is 0 Å². The molecule has 1 unspecified atom stereocenters. The predicted octanol–water partition coefficient (Wildman–Crippen LogP) is 3.69. The monoisotopic (exact) mass is 299 g/mol. The van der Waals surface area contributed by atoms with E-state index < -0.39 is 0 Å².